The second-order valence-electron chi connectivity index (χ2n) is 7.39. The van der Waals surface area contributed by atoms with E-state index in [-0.39, 0.29) is 11.6 Å². The van der Waals surface area contributed by atoms with Gasteiger partial charge in [0, 0.05) is 6.04 Å². The molecule has 1 N–H and O–H groups in total. The molecule has 0 radical (unpaired) electrons. The standard InChI is InChI=1S/C19H24N2O7S/c1-28-19(25)13-9-7-12(8-10-13)16-17(18(23)24)20(29(2,26)27)11-15(22)21(16)14-5-3-4-6-14/h7-10,14,16-17H,3-6,11H2,1-2H3,(H,23,24)/t16-,17+/m1/s1. The molecule has 9 nitrogen and oxygen atoms in total. The van der Waals surface area contributed by atoms with Gasteiger partial charge in [-0.05, 0) is 30.5 Å². The number of carboxylic acid groups (broad SMARTS) is 1. The van der Waals surface area contributed by atoms with E-state index in [1.165, 1.54) is 19.2 Å². The maximum absolute atomic E-state index is 13.0. The minimum Gasteiger partial charge on any atom is -0.480 e. The Labute approximate surface area is 169 Å². The lowest BCUT2D eigenvalue weighted by molar-refractivity contribution is -0.155. The van der Waals surface area contributed by atoms with Crippen LogP contribution in [0.25, 0.3) is 0 Å². The maximum atomic E-state index is 13.0. The van der Waals surface area contributed by atoms with E-state index < -0.39 is 46.5 Å². The van der Waals surface area contributed by atoms with E-state index in [9.17, 15) is 27.9 Å². The monoisotopic (exact) mass is 424 g/mol. The van der Waals surface area contributed by atoms with Crippen LogP contribution in [0.3, 0.4) is 0 Å². The number of sulfonamides is 1. The summed E-state index contributed by atoms with van der Waals surface area (Å²) in [5.41, 5.74) is 0.733. The molecule has 3 rings (SSSR count). The summed E-state index contributed by atoms with van der Waals surface area (Å²) >= 11 is 0. The molecule has 1 aliphatic carbocycles. The molecule has 10 heteroatoms. The van der Waals surface area contributed by atoms with Crippen LogP contribution in [0.4, 0.5) is 0 Å². The number of amides is 1. The van der Waals surface area contributed by atoms with Crippen LogP contribution in [-0.2, 0) is 24.3 Å². The van der Waals surface area contributed by atoms with Crippen molar-refractivity contribution < 1.29 is 32.6 Å². The van der Waals surface area contributed by atoms with Gasteiger partial charge in [-0.3, -0.25) is 9.59 Å². The third kappa shape index (κ3) is 4.13. The fourth-order valence-corrected chi connectivity index (χ4v) is 5.21. The van der Waals surface area contributed by atoms with Gasteiger partial charge in [-0.15, -0.1) is 0 Å². The fourth-order valence-electron chi connectivity index (χ4n) is 4.25. The molecule has 2 fully saturated rings. The number of methoxy groups -OCH3 is 1. The lowest BCUT2D eigenvalue weighted by Crippen LogP contribution is -2.63. The molecular weight excluding hydrogens is 400 g/mol. The zero-order valence-corrected chi connectivity index (χ0v) is 17.1. The summed E-state index contributed by atoms with van der Waals surface area (Å²) in [5.74, 6) is -2.29. The van der Waals surface area contributed by atoms with Crippen LogP contribution >= 0.6 is 0 Å². The third-order valence-corrected chi connectivity index (χ3v) is 6.77. The van der Waals surface area contributed by atoms with Gasteiger partial charge in [0.1, 0.15) is 6.04 Å². The van der Waals surface area contributed by atoms with E-state index in [0.717, 1.165) is 36.2 Å². The minimum atomic E-state index is -3.94. The zero-order chi connectivity index (χ0) is 21.3. The number of carboxylic acids is 1. The first-order valence-electron chi connectivity index (χ1n) is 9.34. The van der Waals surface area contributed by atoms with Gasteiger partial charge < -0.3 is 14.7 Å². The highest BCUT2D eigenvalue weighted by Crippen LogP contribution is 2.39. The van der Waals surface area contributed by atoms with Gasteiger partial charge in [-0.2, -0.15) is 4.31 Å². The van der Waals surface area contributed by atoms with Crippen LogP contribution < -0.4 is 0 Å². The van der Waals surface area contributed by atoms with Gasteiger partial charge >= 0.3 is 11.9 Å². The Hall–Kier alpha value is -2.46. The predicted octanol–water partition coefficient (Wildman–Crippen LogP) is 1.01. The van der Waals surface area contributed by atoms with Crippen LogP contribution in [0.5, 0.6) is 0 Å². The summed E-state index contributed by atoms with van der Waals surface area (Å²) in [5, 5.41) is 9.91. The number of nitrogens with zero attached hydrogens (tertiary/aromatic N) is 2. The first-order valence-corrected chi connectivity index (χ1v) is 11.2. The predicted molar refractivity (Wildman–Crippen MR) is 103 cm³/mol. The Balaban J connectivity index is 2.11. The average molecular weight is 424 g/mol. The summed E-state index contributed by atoms with van der Waals surface area (Å²) in [6.07, 6.45) is 4.24. The number of piperazine rings is 1. The number of benzene rings is 1. The molecule has 2 atom stereocenters. The normalized spacial score (nSPS) is 23.9. The fraction of sp³-hybridized carbons (Fsp3) is 0.526. The Morgan fingerprint density at radius 3 is 2.21 bits per heavy atom. The number of ether oxygens (including phenoxy) is 1. The summed E-state index contributed by atoms with van der Waals surface area (Å²) in [7, 11) is -2.68. The largest absolute Gasteiger partial charge is 0.480 e. The number of hydrogen-bond donors (Lipinski definition) is 1. The molecule has 1 saturated carbocycles. The van der Waals surface area contributed by atoms with Gasteiger partial charge in [0.25, 0.3) is 0 Å². The van der Waals surface area contributed by atoms with Crippen molar-refractivity contribution in [2.75, 3.05) is 19.9 Å². The first kappa shape index (κ1) is 21.3. The second-order valence-corrected chi connectivity index (χ2v) is 9.32. The topological polar surface area (TPSA) is 121 Å². The third-order valence-electron chi connectivity index (χ3n) is 5.56. The number of hydrogen-bond acceptors (Lipinski definition) is 6. The smallest absolute Gasteiger partial charge is 0.337 e. The molecule has 1 aliphatic heterocycles. The van der Waals surface area contributed by atoms with E-state index in [1.807, 2.05) is 0 Å². The molecule has 158 valence electrons. The molecule has 1 amide bonds. The Morgan fingerprint density at radius 1 is 1.14 bits per heavy atom. The quantitative estimate of drug-likeness (QED) is 0.700. The van der Waals surface area contributed by atoms with Crippen molar-refractivity contribution in [3.05, 3.63) is 35.4 Å². The molecule has 1 aromatic rings. The molecule has 1 aromatic carbocycles. The van der Waals surface area contributed by atoms with Crippen molar-refractivity contribution in [2.24, 2.45) is 0 Å². The summed E-state index contributed by atoms with van der Waals surface area (Å²) in [6, 6.07) is 3.48. The molecule has 1 heterocycles. The number of esters is 1. The van der Waals surface area contributed by atoms with E-state index >= 15 is 0 Å². The molecular formula is C19H24N2O7S. The summed E-state index contributed by atoms with van der Waals surface area (Å²) in [4.78, 5) is 38.4. The number of aliphatic carboxylic acids is 1. The first-order chi connectivity index (χ1) is 13.6. The van der Waals surface area contributed by atoms with Gasteiger partial charge in [-0.25, -0.2) is 13.2 Å². The molecule has 0 unspecified atom stereocenters. The second kappa shape index (κ2) is 8.11. The number of rotatable bonds is 5. The Bertz CT molecular complexity index is 907. The van der Waals surface area contributed by atoms with Crippen LogP contribution in [-0.4, -0.2) is 72.6 Å². The minimum absolute atomic E-state index is 0.142. The van der Waals surface area contributed by atoms with E-state index in [0.29, 0.717) is 5.56 Å². The lowest BCUT2D eigenvalue weighted by atomic mass is 9.92. The molecule has 0 spiro atoms. The van der Waals surface area contributed by atoms with Crippen molar-refractivity contribution in [1.82, 2.24) is 9.21 Å². The highest BCUT2D eigenvalue weighted by Gasteiger charge is 2.51. The SMILES string of the molecule is COC(=O)c1ccc([C@@H]2[C@@H](C(=O)O)N(S(C)(=O)=O)CC(=O)N2C2CCCC2)cc1. The van der Waals surface area contributed by atoms with Crippen molar-refractivity contribution in [3.8, 4) is 0 Å². The van der Waals surface area contributed by atoms with Crippen LogP contribution in [0.2, 0.25) is 0 Å². The molecule has 2 aliphatic rings. The summed E-state index contributed by atoms with van der Waals surface area (Å²) < 4.78 is 30.0. The van der Waals surface area contributed by atoms with Gasteiger partial charge in [0.2, 0.25) is 15.9 Å². The van der Waals surface area contributed by atoms with Crippen LogP contribution in [0.15, 0.2) is 24.3 Å². The molecule has 0 bridgehead atoms. The maximum Gasteiger partial charge on any atom is 0.337 e. The van der Waals surface area contributed by atoms with Gasteiger partial charge in [0.05, 0.1) is 31.5 Å². The van der Waals surface area contributed by atoms with Crippen molar-refractivity contribution in [3.63, 3.8) is 0 Å². The molecule has 1 saturated heterocycles. The molecule has 0 aromatic heterocycles. The Morgan fingerprint density at radius 2 is 1.72 bits per heavy atom. The van der Waals surface area contributed by atoms with E-state index in [4.69, 9.17) is 0 Å². The van der Waals surface area contributed by atoms with Crippen molar-refractivity contribution >= 4 is 27.9 Å². The van der Waals surface area contributed by atoms with Crippen LogP contribution in [0, 0.1) is 0 Å². The highest BCUT2D eigenvalue weighted by atomic mass is 32.2. The number of carbonyl (C=O) groups is 3. The summed E-state index contributed by atoms with van der Waals surface area (Å²) in [6.45, 7) is -0.497. The van der Waals surface area contributed by atoms with E-state index in [1.54, 1.807) is 17.0 Å². The Kier molecular flexibility index (Phi) is 5.95. The lowest BCUT2D eigenvalue weighted by Gasteiger charge is -2.47. The highest BCUT2D eigenvalue weighted by molar-refractivity contribution is 7.88. The van der Waals surface area contributed by atoms with Crippen LogP contribution in [0.1, 0.15) is 47.6 Å². The van der Waals surface area contributed by atoms with Crippen molar-refractivity contribution in [2.45, 2.75) is 43.8 Å². The average Bonchev–Trinajstić information content (AvgIpc) is 3.19. The van der Waals surface area contributed by atoms with E-state index in [2.05, 4.69) is 4.74 Å². The number of carbonyl (C=O) groups excluding carboxylic acids is 2. The van der Waals surface area contributed by atoms with Gasteiger partial charge in [-0.1, -0.05) is 25.0 Å². The zero-order valence-electron chi connectivity index (χ0n) is 16.3. The van der Waals surface area contributed by atoms with Gasteiger partial charge in [0.15, 0.2) is 0 Å². The molecule has 29 heavy (non-hydrogen) atoms. The van der Waals surface area contributed by atoms with Crippen molar-refractivity contribution in [1.29, 1.82) is 0 Å².